The molecule has 0 aliphatic carbocycles. The summed E-state index contributed by atoms with van der Waals surface area (Å²) < 4.78 is 0. The van der Waals surface area contributed by atoms with Gasteiger partial charge in [0.1, 0.15) is 6.34 Å². The highest BCUT2D eigenvalue weighted by molar-refractivity contribution is 6.05. The van der Waals surface area contributed by atoms with Crippen molar-refractivity contribution in [2.45, 2.75) is 27.6 Å². The third-order valence-electron chi connectivity index (χ3n) is 1.11. The lowest BCUT2D eigenvalue weighted by atomic mass is 10.2. The van der Waals surface area contributed by atoms with Crippen LogP contribution in [-0.4, -0.2) is 20.4 Å². The Balaban J connectivity index is 0. The van der Waals surface area contributed by atoms with Crippen LogP contribution in [0.5, 0.6) is 0 Å². The van der Waals surface area contributed by atoms with Gasteiger partial charge in [-0.2, -0.15) is 0 Å². The maximum Gasteiger partial charge on any atom is 0.115 e. The molecule has 0 rings (SSSR count). The van der Waals surface area contributed by atoms with E-state index in [1.807, 2.05) is 6.92 Å². The molecule has 0 spiro atoms. The zero-order valence-corrected chi connectivity index (χ0v) is 8.41. The Bertz CT molecular complexity index is 160. The van der Waals surface area contributed by atoms with Crippen molar-refractivity contribution >= 4 is 20.4 Å². The Kier molecular flexibility index (Phi) is 11.6. The van der Waals surface area contributed by atoms with Crippen molar-refractivity contribution in [3.63, 3.8) is 0 Å². The summed E-state index contributed by atoms with van der Waals surface area (Å²) in [6, 6.07) is 0. The Morgan fingerprint density at radius 2 is 1.92 bits per heavy atom. The molecule has 0 aliphatic rings. The average molecular weight is 164 g/mol. The first-order chi connectivity index (χ1) is 5.68. The van der Waals surface area contributed by atoms with Crippen LogP contribution in [0, 0.1) is 5.92 Å². The highest BCUT2D eigenvalue weighted by atomic mass is 14.9. The Labute approximate surface area is 76.9 Å². The predicted molar refractivity (Wildman–Crippen MR) is 58.3 cm³/mol. The van der Waals surface area contributed by atoms with Gasteiger partial charge in [-0.15, -0.1) is 0 Å². The summed E-state index contributed by atoms with van der Waals surface area (Å²) in [7, 11) is 4.50. The van der Waals surface area contributed by atoms with E-state index < -0.39 is 0 Å². The van der Waals surface area contributed by atoms with Gasteiger partial charge in [0.05, 0.1) is 7.85 Å². The van der Waals surface area contributed by atoms with Crippen molar-refractivity contribution < 1.29 is 0 Å². The molecule has 66 valence electrons. The zero-order chi connectivity index (χ0) is 9.98. The Morgan fingerprint density at radius 3 is 2.25 bits per heavy atom. The third-order valence-corrected chi connectivity index (χ3v) is 1.11. The predicted octanol–water partition coefficient (Wildman–Crippen LogP) is 2.48. The molecule has 0 saturated carbocycles. The fraction of sp³-hybridized carbons (Fsp3) is 0.556. The molecule has 0 N–H and O–H groups in total. The highest BCUT2D eigenvalue weighted by Crippen LogP contribution is 2.05. The van der Waals surface area contributed by atoms with E-state index in [-0.39, 0.29) is 0 Å². The van der Waals surface area contributed by atoms with Crippen LogP contribution in [0.3, 0.4) is 0 Å². The van der Waals surface area contributed by atoms with Crippen LogP contribution < -0.4 is 0 Å². The first kappa shape index (κ1) is 13.7. The molecule has 2 nitrogen and oxygen atoms in total. The number of hydrogen-bond donors (Lipinski definition) is 0. The maximum atomic E-state index is 4.50. The van der Waals surface area contributed by atoms with Gasteiger partial charge in [-0.05, 0) is 12.8 Å². The molecule has 0 atom stereocenters. The van der Waals surface area contributed by atoms with Gasteiger partial charge in [0.15, 0.2) is 0 Å². The number of nitrogens with zero attached hydrogens (tertiary/aromatic N) is 2. The summed E-state index contributed by atoms with van der Waals surface area (Å²) in [5.41, 5.74) is 0.866. The van der Waals surface area contributed by atoms with Crippen LogP contribution in [-0.2, 0) is 0 Å². The van der Waals surface area contributed by atoms with Crippen LogP contribution >= 0.6 is 0 Å². The summed E-state index contributed by atoms with van der Waals surface area (Å²) in [6.45, 7) is 11.2. The molecule has 0 saturated heterocycles. The van der Waals surface area contributed by atoms with E-state index in [4.69, 9.17) is 0 Å². The molecule has 0 aromatic heterocycles. The smallest absolute Gasteiger partial charge is 0.115 e. The molecule has 12 heavy (non-hydrogen) atoms. The van der Waals surface area contributed by atoms with Gasteiger partial charge in [-0.3, -0.25) is 0 Å². The van der Waals surface area contributed by atoms with Crippen LogP contribution in [0.2, 0.25) is 6.82 Å². The fourth-order valence-corrected chi connectivity index (χ4v) is 0.323. The van der Waals surface area contributed by atoms with E-state index >= 15 is 0 Å². The molecule has 0 aromatic rings. The minimum absolute atomic E-state index is 0.406. The van der Waals surface area contributed by atoms with Crippen LogP contribution in [0.1, 0.15) is 20.8 Å². The Morgan fingerprint density at radius 1 is 1.42 bits per heavy atom. The van der Waals surface area contributed by atoms with Crippen LogP contribution in [0.4, 0.5) is 0 Å². The molecular weight excluding hydrogens is 147 g/mol. The Hall–Kier alpha value is -0.855. The minimum Gasteiger partial charge on any atom is -0.250 e. The van der Waals surface area contributed by atoms with Gasteiger partial charge in [0.2, 0.25) is 0 Å². The third kappa shape index (κ3) is 9.14. The normalized spacial score (nSPS) is 10.4. The van der Waals surface area contributed by atoms with Gasteiger partial charge < -0.3 is 0 Å². The van der Waals surface area contributed by atoms with Crippen molar-refractivity contribution in [2.75, 3.05) is 0 Å². The second-order valence-corrected chi connectivity index (χ2v) is 2.30. The monoisotopic (exact) mass is 164 g/mol. The summed E-state index contributed by atoms with van der Waals surface area (Å²) in [5, 5.41) is 0. The van der Waals surface area contributed by atoms with Crippen molar-refractivity contribution in [3.05, 3.63) is 12.3 Å². The topological polar surface area (TPSA) is 24.7 Å². The van der Waals surface area contributed by atoms with Gasteiger partial charge in [-0.1, -0.05) is 27.2 Å². The molecule has 0 aromatic carbocycles. The number of aliphatic imine (C=N–C) groups is 2. The van der Waals surface area contributed by atoms with Gasteiger partial charge in [0.25, 0.3) is 0 Å². The SMILES string of the molecule is C=C(N=CN=CC)C(C)C.[B]C. The molecule has 0 bridgehead atoms. The first-order valence-electron chi connectivity index (χ1n) is 3.95. The van der Waals surface area contributed by atoms with Gasteiger partial charge in [0, 0.05) is 11.9 Å². The quantitative estimate of drug-likeness (QED) is 0.347. The van der Waals surface area contributed by atoms with Crippen molar-refractivity contribution in [2.24, 2.45) is 15.9 Å². The molecule has 0 unspecified atom stereocenters. The van der Waals surface area contributed by atoms with Crippen LogP contribution in [0.15, 0.2) is 22.3 Å². The summed E-state index contributed by atoms with van der Waals surface area (Å²) >= 11 is 0. The van der Waals surface area contributed by atoms with E-state index in [0.29, 0.717) is 5.92 Å². The van der Waals surface area contributed by atoms with Gasteiger partial charge >= 0.3 is 0 Å². The lowest BCUT2D eigenvalue weighted by Crippen LogP contribution is -1.87. The highest BCUT2D eigenvalue weighted by Gasteiger charge is 1.93. The van der Waals surface area contributed by atoms with Crippen molar-refractivity contribution in [3.8, 4) is 0 Å². The van der Waals surface area contributed by atoms with Crippen molar-refractivity contribution in [1.82, 2.24) is 0 Å². The van der Waals surface area contributed by atoms with E-state index in [1.54, 1.807) is 6.21 Å². The number of hydrogen-bond acceptors (Lipinski definition) is 1. The first-order valence-corrected chi connectivity index (χ1v) is 3.95. The molecule has 2 radical (unpaired) electrons. The lowest BCUT2D eigenvalue weighted by molar-refractivity contribution is 0.763. The van der Waals surface area contributed by atoms with E-state index in [9.17, 15) is 0 Å². The van der Waals surface area contributed by atoms with E-state index in [2.05, 4.69) is 38.3 Å². The second kappa shape index (κ2) is 10.1. The second-order valence-electron chi connectivity index (χ2n) is 2.30. The summed E-state index contributed by atoms with van der Waals surface area (Å²) in [5.74, 6) is 0.406. The number of rotatable bonds is 3. The standard InChI is InChI=1S/C8H14N2.CH3B/c1-5-9-6-10-8(4)7(2)3;1-2/h5-7H,4H2,1-3H3;1H3. The van der Waals surface area contributed by atoms with E-state index in [0.717, 1.165) is 5.70 Å². The molecule has 0 fully saturated rings. The zero-order valence-electron chi connectivity index (χ0n) is 8.41. The van der Waals surface area contributed by atoms with Crippen LogP contribution in [0.25, 0.3) is 0 Å². The summed E-state index contributed by atoms with van der Waals surface area (Å²) in [4.78, 5) is 7.81. The van der Waals surface area contributed by atoms with Crippen molar-refractivity contribution in [1.29, 1.82) is 0 Å². The molecule has 0 heterocycles. The average Bonchev–Trinajstić information content (AvgIpc) is 2.08. The fourth-order valence-electron chi connectivity index (χ4n) is 0.323. The summed E-state index contributed by atoms with van der Waals surface area (Å²) in [6.07, 6.45) is 3.21. The molecular formula is C9H17BN2. The minimum atomic E-state index is 0.406. The lowest BCUT2D eigenvalue weighted by Gasteiger charge is -1.99. The largest absolute Gasteiger partial charge is 0.250 e. The molecule has 3 heteroatoms. The number of allylic oxidation sites excluding steroid dienone is 1. The van der Waals surface area contributed by atoms with Gasteiger partial charge in [-0.25, -0.2) is 9.98 Å². The molecule has 0 aliphatic heterocycles. The van der Waals surface area contributed by atoms with E-state index in [1.165, 1.54) is 13.2 Å². The molecule has 0 amide bonds. The maximum absolute atomic E-state index is 4.50.